The van der Waals surface area contributed by atoms with Crippen molar-refractivity contribution in [3.05, 3.63) is 89.0 Å². The molecule has 0 fully saturated rings. The Kier molecular flexibility index (Phi) is 5.27. The van der Waals surface area contributed by atoms with Crippen LogP contribution >= 0.6 is 0 Å². The van der Waals surface area contributed by atoms with Gasteiger partial charge < -0.3 is 19.9 Å². The van der Waals surface area contributed by atoms with E-state index in [1.807, 2.05) is 54.6 Å². The molecule has 0 saturated carbocycles. The molecule has 0 radical (unpaired) electrons. The van der Waals surface area contributed by atoms with E-state index in [0.717, 1.165) is 45.6 Å². The second kappa shape index (κ2) is 8.38. The van der Waals surface area contributed by atoms with E-state index in [2.05, 4.69) is 17.4 Å². The molecule has 1 amide bonds. The first-order chi connectivity index (χ1) is 15.6. The van der Waals surface area contributed by atoms with Crippen molar-refractivity contribution in [3.63, 3.8) is 0 Å². The van der Waals surface area contributed by atoms with Crippen molar-refractivity contribution in [2.45, 2.75) is 24.8 Å². The zero-order valence-electron chi connectivity index (χ0n) is 17.4. The van der Waals surface area contributed by atoms with Crippen molar-refractivity contribution in [2.24, 2.45) is 0 Å². The molecule has 32 heavy (non-hydrogen) atoms. The molecule has 6 nitrogen and oxygen atoms in total. The van der Waals surface area contributed by atoms with Gasteiger partial charge >= 0.3 is 12.1 Å². The van der Waals surface area contributed by atoms with Gasteiger partial charge in [-0.25, -0.2) is 9.59 Å². The summed E-state index contributed by atoms with van der Waals surface area (Å²) in [5.41, 5.74) is 6.39. The number of carboxylic acids is 1. The third-order valence-corrected chi connectivity index (χ3v) is 6.13. The second-order valence-corrected chi connectivity index (χ2v) is 8.11. The smallest absolute Gasteiger partial charge is 0.407 e. The average molecular weight is 429 g/mol. The molecular weight excluding hydrogens is 406 g/mol. The Bertz CT molecular complexity index is 1140. The molecule has 3 aromatic carbocycles. The third kappa shape index (κ3) is 3.80. The lowest BCUT2D eigenvalue weighted by atomic mass is 9.98. The molecule has 0 unspecified atom stereocenters. The predicted molar refractivity (Wildman–Crippen MR) is 119 cm³/mol. The maximum Gasteiger partial charge on any atom is 0.407 e. The standard InChI is InChI=1S/C26H23NO5/c28-25(29)23(14-16-9-10-24-17(13-16)11-12-31-24)27-26(30)32-15-22-20-7-3-1-5-18(20)19-6-2-4-8-21(19)22/h1-10,13,22-23H,11-12,14-15H2,(H,27,30)(H,28,29)/t23-/m0/s1. The van der Waals surface area contributed by atoms with Crippen LogP contribution in [0.25, 0.3) is 11.1 Å². The number of hydrogen-bond acceptors (Lipinski definition) is 4. The Morgan fingerprint density at radius 2 is 1.72 bits per heavy atom. The summed E-state index contributed by atoms with van der Waals surface area (Å²) in [5, 5.41) is 12.1. The van der Waals surface area contributed by atoms with E-state index in [-0.39, 0.29) is 18.9 Å². The highest BCUT2D eigenvalue weighted by Gasteiger charge is 2.30. The van der Waals surface area contributed by atoms with E-state index in [9.17, 15) is 14.7 Å². The summed E-state index contributed by atoms with van der Waals surface area (Å²) in [6.07, 6.45) is 0.247. The Morgan fingerprint density at radius 3 is 2.41 bits per heavy atom. The van der Waals surface area contributed by atoms with Crippen LogP contribution in [0.4, 0.5) is 4.79 Å². The number of hydrogen-bond donors (Lipinski definition) is 2. The van der Waals surface area contributed by atoms with E-state index in [0.29, 0.717) is 6.61 Å². The molecule has 0 bridgehead atoms. The van der Waals surface area contributed by atoms with Crippen LogP contribution in [0.3, 0.4) is 0 Å². The van der Waals surface area contributed by atoms with Gasteiger partial charge in [0.25, 0.3) is 0 Å². The van der Waals surface area contributed by atoms with E-state index in [1.165, 1.54) is 0 Å². The molecule has 6 heteroatoms. The van der Waals surface area contributed by atoms with Gasteiger partial charge in [-0.3, -0.25) is 0 Å². The topological polar surface area (TPSA) is 84.9 Å². The number of amides is 1. The molecule has 0 saturated heterocycles. The summed E-state index contributed by atoms with van der Waals surface area (Å²) in [4.78, 5) is 24.3. The highest BCUT2D eigenvalue weighted by molar-refractivity contribution is 5.81. The lowest BCUT2D eigenvalue weighted by Crippen LogP contribution is -2.42. The first kappa shape index (κ1) is 20.1. The maximum absolute atomic E-state index is 12.5. The molecule has 1 atom stereocenters. The molecule has 0 spiro atoms. The van der Waals surface area contributed by atoms with Gasteiger partial charge in [-0.15, -0.1) is 0 Å². The van der Waals surface area contributed by atoms with Gasteiger partial charge in [0, 0.05) is 18.8 Å². The molecule has 0 aromatic heterocycles. The number of carboxylic acid groups (broad SMARTS) is 1. The van der Waals surface area contributed by atoms with Gasteiger partial charge in [-0.1, -0.05) is 60.7 Å². The summed E-state index contributed by atoms with van der Waals surface area (Å²) >= 11 is 0. The summed E-state index contributed by atoms with van der Waals surface area (Å²) < 4.78 is 11.0. The summed E-state index contributed by atoms with van der Waals surface area (Å²) in [7, 11) is 0. The van der Waals surface area contributed by atoms with Crippen LogP contribution < -0.4 is 10.1 Å². The van der Waals surface area contributed by atoms with Crippen molar-refractivity contribution in [1.82, 2.24) is 5.32 Å². The van der Waals surface area contributed by atoms with Gasteiger partial charge in [0.15, 0.2) is 0 Å². The number of aliphatic carboxylic acids is 1. The minimum Gasteiger partial charge on any atom is -0.493 e. The predicted octanol–water partition coefficient (Wildman–Crippen LogP) is 4.16. The number of nitrogens with one attached hydrogen (secondary N) is 1. The Morgan fingerprint density at radius 1 is 1.03 bits per heavy atom. The number of rotatable bonds is 6. The van der Waals surface area contributed by atoms with Crippen LogP contribution in [0.5, 0.6) is 5.75 Å². The first-order valence-corrected chi connectivity index (χ1v) is 10.7. The van der Waals surface area contributed by atoms with E-state index in [1.54, 1.807) is 0 Å². The largest absolute Gasteiger partial charge is 0.493 e. The van der Waals surface area contributed by atoms with Crippen LogP contribution in [-0.2, 0) is 22.4 Å². The minimum absolute atomic E-state index is 0.0758. The van der Waals surface area contributed by atoms with Crippen molar-refractivity contribution in [1.29, 1.82) is 0 Å². The van der Waals surface area contributed by atoms with Gasteiger partial charge in [-0.2, -0.15) is 0 Å². The quantitative estimate of drug-likeness (QED) is 0.615. The molecule has 5 rings (SSSR count). The molecule has 1 aliphatic heterocycles. The van der Waals surface area contributed by atoms with Crippen molar-refractivity contribution < 1.29 is 24.2 Å². The molecule has 2 aliphatic rings. The molecule has 162 valence electrons. The normalized spacial score (nSPS) is 14.6. The SMILES string of the molecule is O=C(N[C@@H](Cc1ccc2c(c1)CCO2)C(=O)O)OCC1c2ccccc2-c2ccccc21. The summed E-state index contributed by atoms with van der Waals surface area (Å²) in [6, 6.07) is 20.7. The van der Waals surface area contributed by atoms with Crippen molar-refractivity contribution >= 4 is 12.1 Å². The lowest BCUT2D eigenvalue weighted by Gasteiger charge is -2.18. The highest BCUT2D eigenvalue weighted by atomic mass is 16.5. The van der Waals surface area contributed by atoms with Crippen LogP contribution in [0.2, 0.25) is 0 Å². The minimum atomic E-state index is -1.10. The summed E-state index contributed by atoms with van der Waals surface area (Å²) in [5.74, 6) is -0.339. The molecule has 2 N–H and O–H groups in total. The lowest BCUT2D eigenvalue weighted by molar-refractivity contribution is -0.139. The molecular formula is C26H23NO5. The van der Waals surface area contributed by atoms with Crippen LogP contribution in [0.1, 0.15) is 28.2 Å². The fourth-order valence-electron chi connectivity index (χ4n) is 4.59. The Labute approximate surface area is 185 Å². The first-order valence-electron chi connectivity index (χ1n) is 10.7. The monoisotopic (exact) mass is 429 g/mol. The third-order valence-electron chi connectivity index (χ3n) is 6.13. The number of carbonyl (C=O) groups excluding carboxylic acids is 1. The molecule has 1 aliphatic carbocycles. The Hall–Kier alpha value is -3.80. The summed E-state index contributed by atoms with van der Waals surface area (Å²) in [6.45, 7) is 0.779. The Balaban J connectivity index is 1.25. The van der Waals surface area contributed by atoms with Gasteiger partial charge in [0.2, 0.25) is 0 Å². The maximum atomic E-state index is 12.5. The van der Waals surface area contributed by atoms with Crippen LogP contribution in [-0.4, -0.2) is 36.4 Å². The van der Waals surface area contributed by atoms with Crippen LogP contribution in [0.15, 0.2) is 66.7 Å². The van der Waals surface area contributed by atoms with Crippen molar-refractivity contribution in [3.8, 4) is 16.9 Å². The number of alkyl carbamates (subject to hydrolysis) is 1. The van der Waals surface area contributed by atoms with E-state index in [4.69, 9.17) is 9.47 Å². The fourth-order valence-corrected chi connectivity index (χ4v) is 4.59. The number of fused-ring (bicyclic) bond motifs is 4. The highest BCUT2D eigenvalue weighted by Crippen LogP contribution is 2.44. The van der Waals surface area contributed by atoms with Gasteiger partial charge in [-0.05, 0) is 39.4 Å². The van der Waals surface area contributed by atoms with Gasteiger partial charge in [0.05, 0.1) is 6.61 Å². The number of ether oxygens (including phenoxy) is 2. The zero-order chi connectivity index (χ0) is 22.1. The molecule has 1 heterocycles. The second-order valence-electron chi connectivity index (χ2n) is 8.11. The average Bonchev–Trinajstić information content (AvgIpc) is 3.39. The number of benzene rings is 3. The zero-order valence-corrected chi connectivity index (χ0v) is 17.4. The van der Waals surface area contributed by atoms with E-state index < -0.39 is 18.1 Å². The number of carbonyl (C=O) groups is 2. The van der Waals surface area contributed by atoms with Gasteiger partial charge in [0.1, 0.15) is 18.4 Å². The fraction of sp³-hybridized carbons (Fsp3) is 0.231. The van der Waals surface area contributed by atoms with Crippen molar-refractivity contribution in [2.75, 3.05) is 13.2 Å². The molecule has 3 aromatic rings. The van der Waals surface area contributed by atoms with E-state index >= 15 is 0 Å². The van der Waals surface area contributed by atoms with Crippen LogP contribution in [0, 0.1) is 0 Å².